The molecule has 0 saturated heterocycles. The Bertz CT molecular complexity index is 1100. The van der Waals surface area contributed by atoms with Crippen LogP contribution >= 0.6 is 0 Å². The summed E-state index contributed by atoms with van der Waals surface area (Å²) in [6, 6.07) is 11.2. The Balaban J connectivity index is 0.0000140. The van der Waals surface area contributed by atoms with E-state index in [-0.39, 0.29) is 13.8 Å². The highest BCUT2D eigenvalue weighted by molar-refractivity contribution is 5.75. The second-order valence-corrected chi connectivity index (χ2v) is 15.5. The number of aliphatic carboxylic acids is 2. The van der Waals surface area contributed by atoms with Crippen LogP contribution < -0.4 is 0 Å². The van der Waals surface area contributed by atoms with Crippen LogP contribution in [0.4, 0.5) is 0 Å². The number of hydrogen-bond donors (Lipinski definition) is 2. The molecule has 4 nitrogen and oxygen atoms in total. The largest absolute Gasteiger partial charge is 0.481 e. The summed E-state index contributed by atoms with van der Waals surface area (Å²) in [5.41, 5.74) is 3.27. The Kier molecular flexibility index (Phi) is 30.7. The maximum Gasteiger partial charge on any atom is 0.303 e. The molecule has 2 rings (SSSR count). The molecular weight excluding hydrogens is 651 g/mol. The van der Waals surface area contributed by atoms with Crippen molar-refractivity contribution in [3.63, 3.8) is 0 Å². The highest BCUT2D eigenvalue weighted by Crippen LogP contribution is 2.49. The third kappa shape index (κ3) is 25.8. The summed E-state index contributed by atoms with van der Waals surface area (Å²) in [7, 11) is 0. The molecule has 1 aromatic rings. The van der Waals surface area contributed by atoms with Crippen molar-refractivity contribution < 1.29 is 19.8 Å². The van der Waals surface area contributed by atoms with Gasteiger partial charge in [-0.3, -0.25) is 9.59 Å². The normalized spacial score (nSPS) is 15.6. The lowest BCUT2D eigenvalue weighted by Gasteiger charge is -2.38. The number of hydrogen-bond acceptors (Lipinski definition) is 2. The Morgan fingerprint density at radius 2 is 0.868 bits per heavy atom. The Morgan fingerprint density at radius 1 is 0.509 bits per heavy atom. The van der Waals surface area contributed by atoms with Crippen LogP contribution in [0.5, 0.6) is 0 Å². The lowest BCUT2D eigenvalue weighted by Crippen LogP contribution is -2.24. The summed E-state index contributed by atoms with van der Waals surface area (Å²) in [5.74, 6) is -1.34. The van der Waals surface area contributed by atoms with Crippen molar-refractivity contribution in [2.45, 2.75) is 199 Å². The Morgan fingerprint density at radius 3 is 1.26 bits per heavy atom. The molecule has 0 spiro atoms. The van der Waals surface area contributed by atoms with Crippen LogP contribution in [0, 0.1) is 5.41 Å². The molecule has 0 aliphatic heterocycles. The lowest BCUT2D eigenvalue weighted by atomic mass is 9.66. The fourth-order valence-corrected chi connectivity index (χ4v) is 7.84. The highest BCUT2D eigenvalue weighted by Gasteiger charge is 2.34. The maximum absolute atomic E-state index is 10.6. The highest BCUT2D eigenvalue weighted by atomic mass is 16.4. The molecule has 0 bridgehead atoms. The second kappa shape index (κ2) is 33.7. The molecule has 295 valence electrons. The molecule has 1 aliphatic rings. The van der Waals surface area contributed by atoms with E-state index in [0.717, 1.165) is 51.4 Å². The molecule has 5 heteroatoms. The van der Waals surface area contributed by atoms with Gasteiger partial charge in [-0.2, -0.15) is 0 Å². The van der Waals surface area contributed by atoms with Gasteiger partial charge in [-0.05, 0) is 100 Å². The van der Waals surface area contributed by atoms with Gasteiger partial charge >= 0.3 is 11.9 Å². The second-order valence-electron chi connectivity index (χ2n) is 15.5. The molecule has 0 amide bonds. The summed E-state index contributed by atoms with van der Waals surface area (Å²) in [5, 5.41) is 17.4. The summed E-state index contributed by atoms with van der Waals surface area (Å²) in [6.45, 7) is 0. The van der Waals surface area contributed by atoms with E-state index in [2.05, 4.69) is 72.9 Å². The van der Waals surface area contributed by atoms with E-state index < -0.39 is 11.9 Å². The molecule has 0 fully saturated rings. The zero-order valence-electron chi connectivity index (χ0n) is 33.6. The molecule has 1 aromatic carbocycles. The fourth-order valence-electron chi connectivity index (χ4n) is 7.84. The molecule has 0 heterocycles. The lowest BCUT2D eigenvalue weighted by molar-refractivity contribution is -0.138. The van der Waals surface area contributed by atoms with Gasteiger partial charge < -0.3 is 10.2 Å². The van der Waals surface area contributed by atoms with E-state index >= 15 is 0 Å². The first-order valence-electron chi connectivity index (χ1n) is 21.7. The van der Waals surface area contributed by atoms with Gasteiger partial charge in [0.2, 0.25) is 0 Å². The van der Waals surface area contributed by atoms with Gasteiger partial charge in [0.25, 0.3) is 0 Å². The smallest absolute Gasteiger partial charge is 0.303 e. The van der Waals surface area contributed by atoms with Crippen molar-refractivity contribution >= 4 is 25.9 Å². The predicted octanol–water partition coefficient (Wildman–Crippen LogP) is 14.6. The Hall–Kier alpha value is -2.82. The maximum atomic E-state index is 10.6. The van der Waals surface area contributed by atoms with E-state index in [4.69, 9.17) is 10.2 Å². The van der Waals surface area contributed by atoms with Crippen molar-refractivity contribution in [2.24, 2.45) is 5.41 Å². The molecule has 2 N–H and O–H groups in total. The Labute approximate surface area is 327 Å². The van der Waals surface area contributed by atoms with Crippen LogP contribution in [-0.2, 0) is 9.59 Å². The zero-order chi connectivity index (χ0) is 37.2. The zero-order valence-corrected chi connectivity index (χ0v) is 33.6. The third-order valence-electron chi connectivity index (χ3n) is 11.0. The first kappa shape index (κ1) is 48.2. The minimum Gasteiger partial charge on any atom is -0.481 e. The van der Waals surface area contributed by atoms with E-state index in [0.29, 0.717) is 12.8 Å². The number of benzene rings is 1. The van der Waals surface area contributed by atoms with Crippen LogP contribution in [-0.4, -0.2) is 30.6 Å². The minimum atomic E-state index is -0.670. The van der Waals surface area contributed by atoms with Gasteiger partial charge in [-0.15, -0.1) is 0 Å². The summed E-state index contributed by atoms with van der Waals surface area (Å²) >= 11 is 0. The molecular formula is C48H76BO4. The van der Waals surface area contributed by atoms with Crippen LogP contribution in [0.1, 0.15) is 205 Å². The average Bonchev–Trinajstić information content (AvgIpc) is 3.14. The van der Waals surface area contributed by atoms with E-state index in [1.54, 1.807) is 5.57 Å². The minimum absolute atomic E-state index is 0. The van der Waals surface area contributed by atoms with Gasteiger partial charge in [-0.1, -0.05) is 176 Å². The van der Waals surface area contributed by atoms with Crippen LogP contribution in [0.15, 0.2) is 72.9 Å². The molecule has 0 unspecified atom stereocenters. The topological polar surface area (TPSA) is 74.6 Å². The van der Waals surface area contributed by atoms with E-state index in [1.165, 1.54) is 140 Å². The predicted molar refractivity (Wildman–Crippen MR) is 228 cm³/mol. The molecule has 0 aromatic heterocycles. The molecule has 0 atom stereocenters. The fraction of sp³-hybridized carbons (Fsp3) is 0.667. The summed E-state index contributed by atoms with van der Waals surface area (Å²) in [6.07, 6.45) is 52.7. The van der Waals surface area contributed by atoms with Crippen LogP contribution in [0.25, 0.3) is 5.57 Å². The number of rotatable bonds is 35. The van der Waals surface area contributed by atoms with E-state index in [1.807, 2.05) is 0 Å². The van der Waals surface area contributed by atoms with Crippen molar-refractivity contribution in [3.05, 3.63) is 78.4 Å². The van der Waals surface area contributed by atoms with Gasteiger partial charge in [0.05, 0.1) is 0 Å². The van der Waals surface area contributed by atoms with Crippen LogP contribution in [0.3, 0.4) is 0 Å². The number of carbonyl (C=O) groups is 2. The molecule has 3 radical (unpaired) electrons. The van der Waals surface area contributed by atoms with Crippen molar-refractivity contribution in [2.75, 3.05) is 0 Å². The summed E-state index contributed by atoms with van der Waals surface area (Å²) in [4.78, 5) is 21.1. The van der Waals surface area contributed by atoms with Gasteiger partial charge in [0.1, 0.15) is 0 Å². The first-order valence-corrected chi connectivity index (χ1v) is 21.7. The monoisotopic (exact) mass is 728 g/mol. The molecule has 1 aliphatic carbocycles. The molecule has 53 heavy (non-hydrogen) atoms. The van der Waals surface area contributed by atoms with Crippen LogP contribution in [0.2, 0.25) is 0 Å². The van der Waals surface area contributed by atoms with Gasteiger partial charge in [0, 0.05) is 21.3 Å². The van der Waals surface area contributed by atoms with Gasteiger partial charge in [-0.25, -0.2) is 0 Å². The first-order chi connectivity index (χ1) is 25.5. The number of unbranched alkanes of at least 4 members (excludes halogenated alkanes) is 22. The third-order valence-corrected chi connectivity index (χ3v) is 11.0. The number of carboxylic acids is 2. The standard InChI is InChI=1S/C48H76O4.B/c49-46(50)39-30-23-19-15-11-7-3-1-5-9-13-17-21-25-33-41-48(43-35-32-38-45(48)44-36-28-27-29-37-44)42-34-26-22-18-14-10-6-2-4-8-12-16-20-24-31-40-47(51)52;/h1-4,27-29,32,35-38H,5-26,30-31,33-34,39-43H2,(H,49,50)(H,51,52);. The van der Waals surface area contributed by atoms with Gasteiger partial charge in [0.15, 0.2) is 0 Å². The number of carboxylic acid groups (broad SMARTS) is 2. The quantitative estimate of drug-likeness (QED) is 0.0415. The number of allylic oxidation sites excluding steroid dienone is 8. The summed E-state index contributed by atoms with van der Waals surface area (Å²) < 4.78 is 0. The van der Waals surface area contributed by atoms with E-state index in [9.17, 15) is 9.59 Å². The van der Waals surface area contributed by atoms with Crippen molar-refractivity contribution in [3.8, 4) is 0 Å². The average molecular weight is 728 g/mol. The molecule has 0 saturated carbocycles. The van der Waals surface area contributed by atoms with Crippen molar-refractivity contribution in [1.82, 2.24) is 0 Å². The SMILES string of the molecule is O=C(O)CCCCCCCC=CCCCCCCCCC1(CCCCCCCCC=CCCCCCCCC(=O)O)CC=CC=C1c1ccccc1.[B]. The van der Waals surface area contributed by atoms with Crippen molar-refractivity contribution in [1.29, 1.82) is 0 Å².